The van der Waals surface area contributed by atoms with Gasteiger partial charge in [-0.05, 0) is 6.07 Å². The number of alkyl halides is 1. The number of hydrogen-bond acceptors (Lipinski definition) is 2. The van der Waals surface area contributed by atoms with Crippen LogP contribution < -0.4 is 0 Å². The number of nitrogens with zero attached hydrogens (tertiary/aromatic N) is 2. The van der Waals surface area contributed by atoms with Crippen LogP contribution in [0.5, 0.6) is 0 Å². The van der Waals surface area contributed by atoms with Gasteiger partial charge in [0.25, 0.3) is 5.91 Å². The van der Waals surface area contributed by atoms with E-state index >= 15 is 0 Å². The first-order valence-electron chi connectivity index (χ1n) is 4.07. The Hall–Kier alpha value is -1.16. The molecule has 14 heavy (non-hydrogen) atoms. The third kappa shape index (κ3) is 2.67. The normalized spacial score (nSPS) is 9.93. The molecule has 0 aliphatic carbocycles. The van der Waals surface area contributed by atoms with Crippen molar-refractivity contribution in [2.24, 2.45) is 0 Å². The third-order valence-electron chi connectivity index (χ3n) is 1.72. The lowest BCUT2D eigenvalue weighted by atomic mass is 10.2. The SMILES string of the molecule is CN(CCCl)C(=O)c1cncc(F)c1. The number of halogens is 2. The maximum atomic E-state index is 12.7. The molecule has 3 nitrogen and oxygen atoms in total. The fourth-order valence-corrected chi connectivity index (χ4v) is 1.23. The first-order valence-corrected chi connectivity index (χ1v) is 4.60. The first kappa shape index (κ1) is 10.9. The van der Waals surface area contributed by atoms with Gasteiger partial charge < -0.3 is 4.90 Å². The van der Waals surface area contributed by atoms with E-state index in [1.807, 2.05) is 0 Å². The number of hydrogen-bond donors (Lipinski definition) is 0. The molecule has 0 unspecified atom stereocenters. The monoisotopic (exact) mass is 216 g/mol. The van der Waals surface area contributed by atoms with Crippen LogP contribution in [0.15, 0.2) is 18.5 Å². The number of rotatable bonds is 3. The summed E-state index contributed by atoms with van der Waals surface area (Å²) in [5.41, 5.74) is 0.234. The van der Waals surface area contributed by atoms with Gasteiger partial charge in [0.15, 0.2) is 0 Å². The van der Waals surface area contributed by atoms with Crippen LogP contribution in [0.1, 0.15) is 10.4 Å². The van der Waals surface area contributed by atoms with E-state index in [1.54, 1.807) is 7.05 Å². The van der Waals surface area contributed by atoms with Crippen molar-refractivity contribution in [2.75, 3.05) is 19.5 Å². The topological polar surface area (TPSA) is 33.2 Å². The summed E-state index contributed by atoms with van der Waals surface area (Å²) in [6, 6.07) is 1.15. The van der Waals surface area contributed by atoms with Gasteiger partial charge in [-0.25, -0.2) is 4.39 Å². The summed E-state index contributed by atoms with van der Waals surface area (Å²) in [7, 11) is 1.61. The van der Waals surface area contributed by atoms with E-state index < -0.39 is 5.82 Å². The Morgan fingerprint density at radius 1 is 1.64 bits per heavy atom. The maximum Gasteiger partial charge on any atom is 0.255 e. The van der Waals surface area contributed by atoms with Crippen molar-refractivity contribution in [1.82, 2.24) is 9.88 Å². The summed E-state index contributed by atoms with van der Waals surface area (Å²) in [6.45, 7) is 0.427. The summed E-state index contributed by atoms with van der Waals surface area (Å²) >= 11 is 5.48. The van der Waals surface area contributed by atoms with Crippen LogP contribution >= 0.6 is 11.6 Å². The van der Waals surface area contributed by atoms with Gasteiger partial charge in [-0.1, -0.05) is 0 Å². The zero-order valence-electron chi connectivity index (χ0n) is 7.70. The maximum absolute atomic E-state index is 12.7. The Morgan fingerprint density at radius 3 is 2.93 bits per heavy atom. The molecule has 76 valence electrons. The predicted molar refractivity (Wildman–Crippen MR) is 51.9 cm³/mol. The summed E-state index contributed by atoms with van der Waals surface area (Å²) in [5, 5.41) is 0. The number of carbonyl (C=O) groups excluding carboxylic acids is 1. The molecule has 1 amide bonds. The molecule has 5 heteroatoms. The molecule has 0 aromatic carbocycles. The summed E-state index contributed by atoms with van der Waals surface area (Å²) < 4.78 is 12.7. The zero-order chi connectivity index (χ0) is 10.6. The molecule has 0 radical (unpaired) electrons. The minimum atomic E-state index is -0.518. The molecule has 0 fully saturated rings. The Kier molecular flexibility index (Phi) is 3.83. The number of pyridine rings is 1. The van der Waals surface area contributed by atoms with Crippen molar-refractivity contribution in [3.63, 3.8) is 0 Å². The van der Waals surface area contributed by atoms with E-state index in [9.17, 15) is 9.18 Å². The van der Waals surface area contributed by atoms with Gasteiger partial charge in [-0.3, -0.25) is 9.78 Å². The van der Waals surface area contributed by atoms with Gasteiger partial charge >= 0.3 is 0 Å². The molecule has 0 saturated carbocycles. The molecule has 0 atom stereocenters. The fourth-order valence-electron chi connectivity index (χ4n) is 0.978. The quantitative estimate of drug-likeness (QED) is 0.718. The van der Waals surface area contributed by atoms with Gasteiger partial charge in [0.2, 0.25) is 0 Å². The molecule has 0 aliphatic heterocycles. The Balaban J connectivity index is 2.78. The van der Waals surface area contributed by atoms with E-state index in [2.05, 4.69) is 4.98 Å². The average Bonchev–Trinajstić information content (AvgIpc) is 2.17. The molecule has 1 aromatic rings. The van der Waals surface area contributed by atoms with E-state index in [0.29, 0.717) is 12.4 Å². The highest BCUT2D eigenvalue weighted by Gasteiger charge is 2.11. The van der Waals surface area contributed by atoms with E-state index in [1.165, 1.54) is 11.1 Å². The minimum Gasteiger partial charge on any atom is -0.340 e. The van der Waals surface area contributed by atoms with E-state index in [0.717, 1.165) is 12.3 Å². The van der Waals surface area contributed by atoms with Gasteiger partial charge in [0.05, 0.1) is 11.8 Å². The summed E-state index contributed by atoms with van der Waals surface area (Å²) in [4.78, 5) is 16.6. The lowest BCUT2D eigenvalue weighted by Gasteiger charge is -2.14. The molecule has 1 heterocycles. The molecule has 1 aromatic heterocycles. The van der Waals surface area contributed by atoms with Crippen molar-refractivity contribution in [3.8, 4) is 0 Å². The van der Waals surface area contributed by atoms with Gasteiger partial charge in [0, 0.05) is 25.7 Å². The van der Waals surface area contributed by atoms with Crippen LogP contribution in [-0.4, -0.2) is 35.3 Å². The Morgan fingerprint density at radius 2 is 2.36 bits per heavy atom. The fraction of sp³-hybridized carbons (Fsp3) is 0.333. The predicted octanol–water partition coefficient (Wildman–Crippen LogP) is 1.53. The molecule has 0 aliphatic rings. The molecule has 0 bridgehead atoms. The Bertz CT molecular complexity index is 332. The number of amides is 1. The molecule has 0 spiro atoms. The zero-order valence-corrected chi connectivity index (χ0v) is 8.46. The molecular formula is C9H10ClFN2O. The highest BCUT2D eigenvalue weighted by Crippen LogP contribution is 2.04. The van der Waals surface area contributed by atoms with Gasteiger partial charge in [-0.15, -0.1) is 11.6 Å². The lowest BCUT2D eigenvalue weighted by Crippen LogP contribution is -2.28. The molecule has 0 saturated heterocycles. The second-order valence-corrected chi connectivity index (χ2v) is 3.19. The van der Waals surface area contributed by atoms with Crippen molar-refractivity contribution in [1.29, 1.82) is 0 Å². The van der Waals surface area contributed by atoms with Crippen molar-refractivity contribution in [3.05, 3.63) is 29.8 Å². The molecular weight excluding hydrogens is 207 g/mol. The van der Waals surface area contributed by atoms with Crippen LogP contribution in [-0.2, 0) is 0 Å². The van der Waals surface area contributed by atoms with Crippen molar-refractivity contribution < 1.29 is 9.18 Å². The van der Waals surface area contributed by atoms with Crippen LogP contribution in [0.25, 0.3) is 0 Å². The lowest BCUT2D eigenvalue weighted by molar-refractivity contribution is 0.0802. The second kappa shape index (κ2) is 4.91. The summed E-state index contributed by atoms with van der Waals surface area (Å²) in [6.07, 6.45) is 2.38. The van der Waals surface area contributed by atoms with Crippen molar-refractivity contribution >= 4 is 17.5 Å². The minimum absolute atomic E-state index is 0.234. The van der Waals surface area contributed by atoms with Crippen LogP contribution in [0.3, 0.4) is 0 Å². The largest absolute Gasteiger partial charge is 0.340 e. The third-order valence-corrected chi connectivity index (χ3v) is 1.89. The summed E-state index contributed by atoms with van der Waals surface area (Å²) in [5.74, 6) is -0.446. The van der Waals surface area contributed by atoms with Crippen LogP contribution in [0, 0.1) is 5.82 Å². The average molecular weight is 217 g/mol. The van der Waals surface area contributed by atoms with Crippen LogP contribution in [0.4, 0.5) is 4.39 Å². The number of aromatic nitrogens is 1. The van der Waals surface area contributed by atoms with E-state index in [4.69, 9.17) is 11.6 Å². The smallest absolute Gasteiger partial charge is 0.255 e. The highest BCUT2D eigenvalue weighted by molar-refractivity contribution is 6.18. The van der Waals surface area contributed by atoms with E-state index in [-0.39, 0.29) is 11.5 Å². The van der Waals surface area contributed by atoms with Crippen LogP contribution in [0.2, 0.25) is 0 Å². The Labute approximate surface area is 86.5 Å². The standard InChI is InChI=1S/C9H10ClFN2O/c1-13(3-2-10)9(14)7-4-8(11)6-12-5-7/h4-6H,2-3H2,1H3. The highest BCUT2D eigenvalue weighted by atomic mass is 35.5. The van der Waals surface area contributed by atoms with Gasteiger partial charge in [0.1, 0.15) is 5.82 Å². The molecule has 1 rings (SSSR count). The first-order chi connectivity index (χ1) is 6.65. The molecule has 0 N–H and O–H groups in total. The second-order valence-electron chi connectivity index (χ2n) is 2.81. The van der Waals surface area contributed by atoms with Gasteiger partial charge in [-0.2, -0.15) is 0 Å². The number of carbonyl (C=O) groups is 1. The van der Waals surface area contributed by atoms with Crippen molar-refractivity contribution in [2.45, 2.75) is 0 Å².